The van der Waals surface area contributed by atoms with Gasteiger partial charge in [0.05, 0.1) is 36.2 Å². The van der Waals surface area contributed by atoms with Gasteiger partial charge in [0.15, 0.2) is 9.75 Å². The molecule has 3 aliphatic heterocycles. The summed E-state index contributed by atoms with van der Waals surface area (Å²) < 4.78 is 5.44. The maximum Gasteiger partial charge on any atom is 0.254 e. The van der Waals surface area contributed by atoms with E-state index < -0.39 is 45.2 Å². The van der Waals surface area contributed by atoms with Crippen molar-refractivity contribution in [2.75, 3.05) is 41.6 Å². The Bertz CT molecular complexity index is 1580. The highest BCUT2D eigenvalue weighted by Gasteiger charge is 2.76. The molecule has 5 aliphatic rings. The number of amides is 4. The molecule has 4 fully saturated rings. The number of phenolic OH excluding ortho intramolecular Hbond substituents is 1. The molecule has 6 unspecified atom stereocenters. The van der Waals surface area contributed by atoms with Gasteiger partial charge in [-0.1, -0.05) is 45.8 Å². The van der Waals surface area contributed by atoms with Crippen molar-refractivity contribution >= 4 is 74.1 Å². The van der Waals surface area contributed by atoms with Crippen LogP contribution in [0.15, 0.2) is 60.2 Å². The van der Waals surface area contributed by atoms with Crippen LogP contribution < -0.4 is 9.80 Å². The lowest BCUT2D eigenvalue weighted by molar-refractivity contribution is -0.138. The minimum absolute atomic E-state index is 0.105. The number of allylic oxidation sites excluding steroid dienone is 2. The van der Waals surface area contributed by atoms with E-state index in [4.69, 9.17) is 27.9 Å². The van der Waals surface area contributed by atoms with Crippen LogP contribution in [0.2, 0.25) is 0 Å². The van der Waals surface area contributed by atoms with Gasteiger partial charge in [-0.15, -0.1) is 23.2 Å². The van der Waals surface area contributed by atoms with Crippen LogP contribution >= 0.6 is 39.1 Å². The molecule has 12 heteroatoms. The number of alkyl halides is 3. The Kier molecular flexibility index (Phi) is 6.92. The summed E-state index contributed by atoms with van der Waals surface area (Å²) in [5, 5.41) is 10.9. The van der Waals surface area contributed by atoms with Gasteiger partial charge in [0.25, 0.3) is 11.8 Å². The second-order valence-electron chi connectivity index (χ2n) is 11.7. The number of carbonyl (C=O) groups is 4. The third-order valence-electron chi connectivity index (χ3n) is 9.75. The van der Waals surface area contributed by atoms with Crippen LogP contribution in [0.5, 0.6) is 5.75 Å². The van der Waals surface area contributed by atoms with Crippen LogP contribution in [0.1, 0.15) is 24.3 Å². The van der Waals surface area contributed by atoms with Gasteiger partial charge >= 0.3 is 0 Å². The Labute approximate surface area is 266 Å². The zero-order valence-electron chi connectivity index (χ0n) is 22.9. The minimum Gasteiger partial charge on any atom is -0.508 e. The molecule has 9 nitrogen and oxygen atoms in total. The summed E-state index contributed by atoms with van der Waals surface area (Å²) >= 11 is 17.6. The summed E-state index contributed by atoms with van der Waals surface area (Å²) in [6, 6.07) is 13.8. The Morgan fingerprint density at radius 2 is 1.58 bits per heavy atom. The van der Waals surface area contributed by atoms with Gasteiger partial charge in [0.2, 0.25) is 11.8 Å². The van der Waals surface area contributed by atoms with Crippen molar-refractivity contribution in [3.63, 3.8) is 0 Å². The normalized spacial score (nSPS) is 33.8. The highest BCUT2D eigenvalue weighted by atomic mass is 79.9. The van der Waals surface area contributed by atoms with E-state index in [2.05, 4.69) is 20.8 Å². The number of imide groups is 2. The van der Waals surface area contributed by atoms with Gasteiger partial charge in [0.1, 0.15) is 5.75 Å². The predicted molar refractivity (Wildman–Crippen MR) is 163 cm³/mol. The topological polar surface area (TPSA) is 107 Å². The first-order valence-corrected chi connectivity index (χ1v) is 16.1. The Balaban J connectivity index is 1.29. The fourth-order valence-electron chi connectivity index (χ4n) is 7.72. The summed E-state index contributed by atoms with van der Waals surface area (Å²) in [6.07, 6.45) is 2.00. The Morgan fingerprint density at radius 3 is 2.26 bits per heavy atom. The maximum absolute atomic E-state index is 14.2. The number of nitrogens with zero attached hydrogens (tertiary/aromatic N) is 3. The van der Waals surface area contributed by atoms with Crippen LogP contribution in [0, 0.1) is 17.8 Å². The molecule has 1 N–H and O–H groups in total. The van der Waals surface area contributed by atoms with Crippen molar-refractivity contribution in [3.8, 4) is 5.75 Å². The van der Waals surface area contributed by atoms with Gasteiger partial charge in [0, 0.05) is 30.3 Å². The monoisotopic (exact) mass is 687 g/mol. The Hall–Kier alpha value is -2.92. The smallest absolute Gasteiger partial charge is 0.254 e. The standard InChI is InChI=1S/C31H28BrCl2N3O6/c32-16-36-28(41)30(33)15-22-19(25(31(30,34)29(36)42)20-3-1-2-4-23(20)38)9-10-21-24(22)27(40)37(26(21)39)18-7-5-17(6-8-18)35-11-13-43-14-12-35/h1-9,21-22,24-25,38H,10-16H2. The molecule has 43 heavy (non-hydrogen) atoms. The molecule has 1 saturated carbocycles. The summed E-state index contributed by atoms with van der Waals surface area (Å²) in [5.74, 6) is -5.26. The molecule has 0 bridgehead atoms. The lowest BCUT2D eigenvalue weighted by atomic mass is 9.56. The molecule has 0 spiro atoms. The molecule has 3 heterocycles. The number of hydrogen-bond acceptors (Lipinski definition) is 7. The van der Waals surface area contributed by atoms with Crippen molar-refractivity contribution < 1.29 is 29.0 Å². The van der Waals surface area contributed by atoms with E-state index in [0.717, 1.165) is 23.7 Å². The average molecular weight is 689 g/mol. The fraction of sp³-hybridized carbons (Fsp3) is 0.419. The Morgan fingerprint density at radius 1 is 0.907 bits per heavy atom. The highest BCUT2D eigenvalue weighted by Crippen LogP contribution is 2.66. The summed E-state index contributed by atoms with van der Waals surface area (Å²) in [6.45, 7) is 2.80. The van der Waals surface area contributed by atoms with E-state index >= 15 is 0 Å². The fourth-order valence-corrected chi connectivity index (χ4v) is 9.14. The van der Waals surface area contributed by atoms with Crippen molar-refractivity contribution in [2.45, 2.75) is 28.5 Å². The zero-order valence-corrected chi connectivity index (χ0v) is 26.0. The van der Waals surface area contributed by atoms with Gasteiger partial charge in [-0.3, -0.25) is 29.0 Å². The van der Waals surface area contributed by atoms with Crippen LogP contribution in [0.25, 0.3) is 0 Å². The maximum atomic E-state index is 14.2. The number of halogens is 3. The first-order chi connectivity index (χ1) is 20.6. The van der Waals surface area contributed by atoms with E-state index in [1.165, 1.54) is 11.0 Å². The second kappa shape index (κ2) is 10.3. The third-order valence-corrected chi connectivity index (χ3v) is 11.7. The molecule has 0 radical (unpaired) electrons. The number of para-hydroxylation sites is 1. The number of carbonyl (C=O) groups excluding carboxylic acids is 4. The number of anilines is 2. The van der Waals surface area contributed by atoms with Crippen LogP contribution in [0.4, 0.5) is 11.4 Å². The molecule has 0 aromatic heterocycles. The second-order valence-corrected chi connectivity index (χ2v) is 13.4. The molecule has 3 saturated heterocycles. The number of rotatable bonds is 4. The molecule has 224 valence electrons. The third kappa shape index (κ3) is 3.92. The number of likely N-dealkylation sites (tertiary alicyclic amines) is 1. The first-order valence-electron chi connectivity index (χ1n) is 14.2. The lowest BCUT2D eigenvalue weighted by Crippen LogP contribution is -2.60. The summed E-state index contributed by atoms with van der Waals surface area (Å²) in [5.41, 5.74) is 2.32. The number of benzene rings is 2. The number of hydrogen-bond donors (Lipinski definition) is 1. The van der Waals surface area contributed by atoms with Crippen LogP contribution in [-0.2, 0) is 23.9 Å². The number of aromatic hydroxyl groups is 1. The first kappa shape index (κ1) is 28.8. The van der Waals surface area contributed by atoms with E-state index in [1.54, 1.807) is 30.3 Å². The van der Waals surface area contributed by atoms with Gasteiger partial charge < -0.3 is 14.7 Å². The molecule has 7 rings (SSSR count). The van der Waals surface area contributed by atoms with Crippen molar-refractivity contribution in [1.29, 1.82) is 0 Å². The molecule has 2 aromatic rings. The van der Waals surface area contributed by atoms with E-state index in [9.17, 15) is 24.3 Å². The summed E-state index contributed by atoms with van der Waals surface area (Å²) in [4.78, 5) is 56.1. The molecule has 6 atom stereocenters. The number of fused-ring (bicyclic) bond motifs is 4. The van der Waals surface area contributed by atoms with Gasteiger partial charge in [-0.25, -0.2) is 0 Å². The molecule has 2 aliphatic carbocycles. The van der Waals surface area contributed by atoms with E-state index in [-0.39, 0.29) is 35.9 Å². The predicted octanol–water partition coefficient (Wildman–Crippen LogP) is 4.14. The van der Waals surface area contributed by atoms with Crippen molar-refractivity contribution in [3.05, 3.63) is 65.7 Å². The van der Waals surface area contributed by atoms with Crippen LogP contribution in [-0.4, -0.2) is 75.1 Å². The molecular weight excluding hydrogens is 661 g/mol. The van der Waals surface area contributed by atoms with E-state index in [1.807, 2.05) is 18.2 Å². The summed E-state index contributed by atoms with van der Waals surface area (Å²) in [7, 11) is 0. The average Bonchev–Trinajstić information content (AvgIpc) is 3.36. The number of morpholine rings is 1. The molecule has 4 amide bonds. The largest absolute Gasteiger partial charge is 0.508 e. The lowest BCUT2D eigenvalue weighted by Gasteiger charge is -2.50. The number of phenols is 1. The van der Waals surface area contributed by atoms with Gasteiger partial charge in [-0.2, -0.15) is 0 Å². The van der Waals surface area contributed by atoms with E-state index in [0.29, 0.717) is 30.0 Å². The van der Waals surface area contributed by atoms with Crippen LogP contribution in [0.3, 0.4) is 0 Å². The number of ether oxygens (including phenoxy) is 1. The minimum atomic E-state index is -1.95. The van der Waals surface area contributed by atoms with Crippen molar-refractivity contribution in [1.82, 2.24) is 4.90 Å². The SMILES string of the molecule is O=C1C2CC=C3C(CC4(Cl)C(=O)N(CBr)C(=O)C4(Cl)C3c3ccccc3O)C2C(=O)N1c1ccc(N2CCOCC2)cc1. The molecular formula is C31H28BrCl2N3O6. The highest BCUT2D eigenvalue weighted by molar-refractivity contribution is 9.09. The zero-order chi connectivity index (χ0) is 30.3. The quantitative estimate of drug-likeness (QED) is 0.223. The molecule has 2 aromatic carbocycles. The van der Waals surface area contributed by atoms with Crippen molar-refractivity contribution in [2.24, 2.45) is 17.8 Å². The van der Waals surface area contributed by atoms with Gasteiger partial charge in [-0.05, 0) is 49.1 Å².